The summed E-state index contributed by atoms with van der Waals surface area (Å²) < 4.78 is 0. The van der Waals surface area contributed by atoms with Crippen molar-refractivity contribution in [3.05, 3.63) is 35.9 Å². The van der Waals surface area contributed by atoms with Crippen molar-refractivity contribution in [1.82, 2.24) is 4.90 Å². The molecule has 98 valence electrons. The van der Waals surface area contributed by atoms with Crippen LogP contribution in [0.2, 0.25) is 0 Å². The van der Waals surface area contributed by atoms with Crippen LogP contribution in [-0.4, -0.2) is 29.2 Å². The summed E-state index contributed by atoms with van der Waals surface area (Å²) in [4.78, 5) is 2.30. The van der Waals surface area contributed by atoms with Crippen molar-refractivity contribution in [3.63, 3.8) is 0 Å². The summed E-state index contributed by atoms with van der Waals surface area (Å²) in [6.45, 7) is 4.49. The summed E-state index contributed by atoms with van der Waals surface area (Å²) >= 11 is 0. The van der Waals surface area contributed by atoms with Crippen molar-refractivity contribution in [2.75, 3.05) is 13.1 Å². The maximum absolute atomic E-state index is 9.36. The van der Waals surface area contributed by atoms with Gasteiger partial charge in [-0.1, -0.05) is 30.3 Å². The van der Waals surface area contributed by atoms with Gasteiger partial charge in [-0.2, -0.15) is 5.26 Å². The zero-order chi connectivity index (χ0) is 13.2. The van der Waals surface area contributed by atoms with E-state index in [1.165, 1.54) is 5.56 Å². The molecule has 0 saturated carbocycles. The fourth-order valence-electron chi connectivity index (χ4n) is 1.86. The third-order valence-corrected chi connectivity index (χ3v) is 2.88. The number of hydrogen-bond donors (Lipinski definition) is 1. The molecule has 0 radical (unpaired) electrons. The summed E-state index contributed by atoms with van der Waals surface area (Å²) in [6.07, 6.45) is 2.00. The minimum Gasteiger partial charge on any atom is -0.393 e. The molecule has 3 nitrogen and oxygen atoms in total. The Labute approximate surface area is 110 Å². The van der Waals surface area contributed by atoms with Crippen LogP contribution >= 0.6 is 0 Å². The first-order valence-corrected chi connectivity index (χ1v) is 6.53. The Hall–Kier alpha value is -1.37. The van der Waals surface area contributed by atoms with Gasteiger partial charge < -0.3 is 5.11 Å². The highest BCUT2D eigenvalue weighted by atomic mass is 16.3. The molecule has 0 aromatic heterocycles. The van der Waals surface area contributed by atoms with Crippen LogP contribution < -0.4 is 0 Å². The second kappa shape index (κ2) is 8.68. The third-order valence-electron chi connectivity index (χ3n) is 2.88. The molecule has 0 bridgehead atoms. The molecule has 0 fully saturated rings. The lowest BCUT2D eigenvalue weighted by Gasteiger charge is -2.22. The van der Waals surface area contributed by atoms with Crippen LogP contribution in [0.5, 0.6) is 0 Å². The van der Waals surface area contributed by atoms with Crippen LogP contribution in [0.3, 0.4) is 0 Å². The van der Waals surface area contributed by atoms with E-state index in [1.807, 2.05) is 25.1 Å². The first kappa shape index (κ1) is 14.7. The number of aliphatic hydroxyl groups is 1. The van der Waals surface area contributed by atoms with Crippen LogP contribution in [0, 0.1) is 11.3 Å². The highest BCUT2D eigenvalue weighted by Gasteiger charge is 2.07. The van der Waals surface area contributed by atoms with Crippen molar-refractivity contribution in [1.29, 1.82) is 5.26 Å². The van der Waals surface area contributed by atoms with E-state index in [0.29, 0.717) is 6.42 Å². The number of nitriles is 1. The molecule has 1 atom stereocenters. The number of benzene rings is 1. The number of nitrogens with zero attached hydrogens (tertiary/aromatic N) is 2. The van der Waals surface area contributed by atoms with Gasteiger partial charge in [0, 0.05) is 19.5 Å². The molecule has 0 aliphatic rings. The zero-order valence-corrected chi connectivity index (χ0v) is 11.0. The molecule has 1 aromatic rings. The summed E-state index contributed by atoms with van der Waals surface area (Å²) in [5.74, 6) is 0. The van der Waals surface area contributed by atoms with E-state index < -0.39 is 0 Å². The smallest absolute Gasteiger partial charge is 0.0622 e. The van der Waals surface area contributed by atoms with Crippen LogP contribution in [0.4, 0.5) is 0 Å². The Bertz CT molecular complexity index is 357. The predicted molar refractivity (Wildman–Crippen MR) is 72.9 cm³/mol. The summed E-state index contributed by atoms with van der Waals surface area (Å²) in [5, 5.41) is 17.9. The Balaban J connectivity index is 2.45. The van der Waals surface area contributed by atoms with Crippen LogP contribution in [-0.2, 0) is 6.54 Å². The van der Waals surface area contributed by atoms with E-state index >= 15 is 0 Å². The summed E-state index contributed by atoms with van der Waals surface area (Å²) in [5.41, 5.74) is 1.28. The number of unbranched alkanes of at least 4 members (excludes halogenated alkanes) is 1. The lowest BCUT2D eigenvalue weighted by Crippen LogP contribution is -2.27. The van der Waals surface area contributed by atoms with E-state index in [-0.39, 0.29) is 6.10 Å². The summed E-state index contributed by atoms with van der Waals surface area (Å²) in [7, 11) is 0. The molecule has 0 amide bonds. The van der Waals surface area contributed by atoms with Gasteiger partial charge in [0.05, 0.1) is 12.2 Å². The fraction of sp³-hybridized carbons (Fsp3) is 0.533. The normalized spacial score (nSPS) is 12.3. The average Bonchev–Trinajstić information content (AvgIpc) is 2.37. The molecule has 3 heteroatoms. The third kappa shape index (κ3) is 6.39. The zero-order valence-electron chi connectivity index (χ0n) is 11.0. The number of rotatable bonds is 8. The topological polar surface area (TPSA) is 47.3 Å². The number of hydrogen-bond acceptors (Lipinski definition) is 3. The standard InChI is InChI=1S/C15H22N2O/c1-14(18)9-12-17(11-6-5-10-16)13-15-7-3-2-4-8-15/h2-4,7-8,14,18H,5-6,9,11-13H2,1H3/t14-/m1/s1. The minimum absolute atomic E-state index is 0.265. The van der Waals surface area contributed by atoms with E-state index in [4.69, 9.17) is 5.26 Å². The van der Waals surface area contributed by atoms with Gasteiger partial charge in [0.25, 0.3) is 0 Å². The molecule has 0 heterocycles. The van der Waals surface area contributed by atoms with E-state index in [1.54, 1.807) is 0 Å². The lowest BCUT2D eigenvalue weighted by molar-refractivity contribution is 0.153. The molecule has 1 aromatic carbocycles. The second-order valence-electron chi connectivity index (χ2n) is 4.66. The van der Waals surface area contributed by atoms with Gasteiger partial charge in [0.2, 0.25) is 0 Å². The highest BCUT2D eigenvalue weighted by Crippen LogP contribution is 2.07. The van der Waals surface area contributed by atoms with Crippen molar-refractivity contribution in [2.45, 2.75) is 38.8 Å². The van der Waals surface area contributed by atoms with Crippen molar-refractivity contribution in [2.24, 2.45) is 0 Å². The largest absolute Gasteiger partial charge is 0.393 e. The monoisotopic (exact) mass is 246 g/mol. The molecule has 0 unspecified atom stereocenters. The first-order chi connectivity index (χ1) is 8.72. The van der Waals surface area contributed by atoms with E-state index in [0.717, 1.165) is 32.5 Å². The van der Waals surface area contributed by atoms with Gasteiger partial charge in [0.15, 0.2) is 0 Å². The van der Waals surface area contributed by atoms with Crippen molar-refractivity contribution in [3.8, 4) is 6.07 Å². The SMILES string of the molecule is C[C@@H](O)CCN(CCCC#N)Cc1ccccc1. The van der Waals surface area contributed by atoms with E-state index in [9.17, 15) is 5.11 Å². The molecule has 0 aliphatic heterocycles. The molecular weight excluding hydrogens is 224 g/mol. The van der Waals surface area contributed by atoms with Crippen LogP contribution in [0.15, 0.2) is 30.3 Å². The molecule has 0 aliphatic carbocycles. The lowest BCUT2D eigenvalue weighted by atomic mass is 10.2. The number of aliphatic hydroxyl groups excluding tert-OH is 1. The van der Waals surface area contributed by atoms with Crippen molar-refractivity contribution >= 4 is 0 Å². The predicted octanol–water partition coefficient (Wildman–Crippen LogP) is 2.56. The maximum Gasteiger partial charge on any atom is 0.0622 e. The average molecular weight is 246 g/mol. The Kier molecular flexibility index (Phi) is 7.09. The Morgan fingerprint density at radius 1 is 1.28 bits per heavy atom. The quantitative estimate of drug-likeness (QED) is 0.717. The Morgan fingerprint density at radius 2 is 2.00 bits per heavy atom. The molecular formula is C15H22N2O. The molecule has 0 saturated heterocycles. The molecule has 1 N–H and O–H groups in total. The van der Waals surface area contributed by atoms with Gasteiger partial charge in [-0.05, 0) is 31.9 Å². The molecule has 1 rings (SSSR count). The molecule has 0 spiro atoms. The van der Waals surface area contributed by atoms with E-state index in [2.05, 4.69) is 23.1 Å². The van der Waals surface area contributed by atoms with Gasteiger partial charge in [-0.3, -0.25) is 4.90 Å². The Morgan fingerprint density at radius 3 is 2.61 bits per heavy atom. The van der Waals surface area contributed by atoms with Gasteiger partial charge in [0.1, 0.15) is 0 Å². The van der Waals surface area contributed by atoms with Crippen LogP contribution in [0.25, 0.3) is 0 Å². The van der Waals surface area contributed by atoms with Crippen molar-refractivity contribution < 1.29 is 5.11 Å². The van der Waals surface area contributed by atoms with Crippen LogP contribution in [0.1, 0.15) is 31.7 Å². The molecule has 18 heavy (non-hydrogen) atoms. The van der Waals surface area contributed by atoms with Gasteiger partial charge >= 0.3 is 0 Å². The van der Waals surface area contributed by atoms with Gasteiger partial charge in [-0.25, -0.2) is 0 Å². The second-order valence-corrected chi connectivity index (χ2v) is 4.66. The van der Waals surface area contributed by atoms with Gasteiger partial charge in [-0.15, -0.1) is 0 Å². The summed E-state index contributed by atoms with van der Waals surface area (Å²) in [6, 6.07) is 12.5. The fourth-order valence-corrected chi connectivity index (χ4v) is 1.86. The highest BCUT2D eigenvalue weighted by molar-refractivity contribution is 5.14. The maximum atomic E-state index is 9.36. The minimum atomic E-state index is -0.265. The first-order valence-electron chi connectivity index (χ1n) is 6.53.